The standard InChI is InChI=1S/C17H34N4O.HI/c1-15-4-2-5-16(14-15)6-8-20-17(18)19-7-3-9-21-10-12-22-13-11-21;/h15-16H,2-14H2,1H3,(H3,18,19,20);1H. The lowest BCUT2D eigenvalue weighted by molar-refractivity contribution is 0.0377. The van der Waals surface area contributed by atoms with Gasteiger partial charge in [0.1, 0.15) is 0 Å². The van der Waals surface area contributed by atoms with Gasteiger partial charge in [-0.3, -0.25) is 9.89 Å². The average molecular weight is 438 g/mol. The Morgan fingerprint density at radius 1 is 1.30 bits per heavy atom. The van der Waals surface area contributed by atoms with E-state index in [2.05, 4.69) is 22.1 Å². The van der Waals surface area contributed by atoms with Crippen molar-refractivity contribution in [3.05, 3.63) is 0 Å². The largest absolute Gasteiger partial charge is 0.379 e. The summed E-state index contributed by atoms with van der Waals surface area (Å²) in [5.74, 6) is 2.40. The molecular weight excluding hydrogens is 403 g/mol. The lowest BCUT2D eigenvalue weighted by atomic mass is 9.81. The molecule has 0 spiro atoms. The van der Waals surface area contributed by atoms with Crippen LogP contribution in [0.4, 0.5) is 0 Å². The van der Waals surface area contributed by atoms with Crippen LogP contribution in [-0.4, -0.2) is 56.8 Å². The van der Waals surface area contributed by atoms with Gasteiger partial charge in [0.25, 0.3) is 0 Å². The third-order valence-corrected chi connectivity index (χ3v) is 4.92. The fraction of sp³-hybridized carbons (Fsp3) is 0.941. The Balaban J connectivity index is 0.00000264. The quantitative estimate of drug-likeness (QED) is 0.278. The summed E-state index contributed by atoms with van der Waals surface area (Å²) in [4.78, 5) is 6.87. The van der Waals surface area contributed by atoms with Crippen LogP contribution in [0, 0.1) is 11.8 Å². The molecule has 2 fully saturated rings. The average Bonchev–Trinajstić information content (AvgIpc) is 2.53. The second-order valence-corrected chi connectivity index (χ2v) is 6.93. The Bertz CT molecular complexity index is 335. The number of nitrogens with zero attached hydrogens (tertiary/aromatic N) is 2. The highest BCUT2D eigenvalue weighted by Crippen LogP contribution is 2.30. The number of rotatable bonds is 7. The van der Waals surface area contributed by atoms with Gasteiger partial charge in [0.05, 0.1) is 13.2 Å². The lowest BCUT2D eigenvalue weighted by Gasteiger charge is -2.26. The first-order valence-electron chi connectivity index (χ1n) is 9.08. The van der Waals surface area contributed by atoms with E-state index in [4.69, 9.17) is 10.5 Å². The second-order valence-electron chi connectivity index (χ2n) is 6.93. The molecule has 0 aromatic rings. The molecule has 0 aromatic heterocycles. The molecule has 2 aliphatic rings. The number of ether oxygens (including phenoxy) is 1. The van der Waals surface area contributed by atoms with Crippen molar-refractivity contribution in [2.45, 2.75) is 45.4 Å². The molecule has 3 N–H and O–H groups in total. The smallest absolute Gasteiger partial charge is 0.188 e. The van der Waals surface area contributed by atoms with E-state index in [1.807, 2.05) is 0 Å². The van der Waals surface area contributed by atoms with Crippen molar-refractivity contribution in [2.75, 3.05) is 45.9 Å². The predicted molar refractivity (Wildman–Crippen MR) is 108 cm³/mol. The molecule has 6 heteroatoms. The Kier molecular flexibility index (Phi) is 11.2. The first-order valence-corrected chi connectivity index (χ1v) is 9.08. The number of hydrogen-bond acceptors (Lipinski definition) is 3. The Hall–Kier alpha value is -0.0800. The van der Waals surface area contributed by atoms with Crippen molar-refractivity contribution in [3.63, 3.8) is 0 Å². The number of morpholine rings is 1. The van der Waals surface area contributed by atoms with Crippen molar-refractivity contribution < 1.29 is 4.74 Å². The number of aliphatic imine (C=N–C) groups is 1. The van der Waals surface area contributed by atoms with Gasteiger partial charge in [-0.05, 0) is 31.1 Å². The van der Waals surface area contributed by atoms with Gasteiger partial charge in [0.2, 0.25) is 0 Å². The second kappa shape index (κ2) is 12.3. The molecule has 2 rings (SSSR count). The minimum absolute atomic E-state index is 0. The summed E-state index contributed by atoms with van der Waals surface area (Å²) in [5, 5.41) is 3.28. The Morgan fingerprint density at radius 2 is 2.09 bits per heavy atom. The van der Waals surface area contributed by atoms with E-state index < -0.39 is 0 Å². The van der Waals surface area contributed by atoms with Crippen LogP contribution in [0.3, 0.4) is 0 Å². The van der Waals surface area contributed by atoms with Crippen molar-refractivity contribution in [1.29, 1.82) is 0 Å². The number of guanidine groups is 1. The van der Waals surface area contributed by atoms with Crippen molar-refractivity contribution >= 4 is 29.9 Å². The topological polar surface area (TPSA) is 62.9 Å². The SMILES string of the molecule is CC1CCCC(CCNC(N)=NCCCN2CCOCC2)C1.I. The van der Waals surface area contributed by atoms with Crippen LogP contribution in [0.1, 0.15) is 45.4 Å². The molecule has 1 aliphatic heterocycles. The third kappa shape index (κ3) is 9.10. The zero-order chi connectivity index (χ0) is 15.6. The number of hydrogen-bond donors (Lipinski definition) is 2. The van der Waals surface area contributed by atoms with E-state index in [1.54, 1.807) is 0 Å². The maximum atomic E-state index is 5.94. The summed E-state index contributed by atoms with van der Waals surface area (Å²) in [6.07, 6.45) is 7.89. The minimum Gasteiger partial charge on any atom is -0.379 e. The molecule has 0 amide bonds. The van der Waals surface area contributed by atoms with Crippen LogP contribution in [-0.2, 0) is 4.74 Å². The van der Waals surface area contributed by atoms with Crippen LogP contribution in [0.2, 0.25) is 0 Å². The van der Waals surface area contributed by atoms with Crippen molar-refractivity contribution in [2.24, 2.45) is 22.6 Å². The highest BCUT2D eigenvalue weighted by atomic mass is 127. The van der Waals surface area contributed by atoms with Crippen molar-refractivity contribution in [1.82, 2.24) is 10.2 Å². The summed E-state index contributed by atoms with van der Waals surface area (Å²) in [6, 6.07) is 0. The minimum atomic E-state index is 0. The molecular formula is C17H35IN4O. The van der Waals surface area contributed by atoms with Crippen LogP contribution >= 0.6 is 24.0 Å². The van der Waals surface area contributed by atoms with E-state index >= 15 is 0 Å². The number of nitrogens with one attached hydrogen (secondary N) is 1. The van der Waals surface area contributed by atoms with Crippen LogP contribution in [0.25, 0.3) is 0 Å². The van der Waals surface area contributed by atoms with Gasteiger partial charge >= 0.3 is 0 Å². The lowest BCUT2D eigenvalue weighted by Crippen LogP contribution is -2.37. The van der Waals surface area contributed by atoms with Gasteiger partial charge < -0.3 is 15.8 Å². The van der Waals surface area contributed by atoms with Gasteiger partial charge in [0.15, 0.2) is 5.96 Å². The van der Waals surface area contributed by atoms with Gasteiger partial charge in [-0.2, -0.15) is 0 Å². The first-order chi connectivity index (χ1) is 10.7. The van der Waals surface area contributed by atoms with Crippen LogP contribution in [0.15, 0.2) is 4.99 Å². The summed E-state index contributed by atoms with van der Waals surface area (Å²) in [5.41, 5.74) is 5.94. The van der Waals surface area contributed by atoms with Gasteiger partial charge in [0, 0.05) is 32.7 Å². The van der Waals surface area contributed by atoms with E-state index in [-0.39, 0.29) is 24.0 Å². The molecule has 1 aliphatic carbocycles. The fourth-order valence-corrected chi connectivity index (χ4v) is 3.60. The molecule has 5 nitrogen and oxygen atoms in total. The summed E-state index contributed by atoms with van der Waals surface area (Å²) < 4.78 is 5.35. The zero-order valence-electron chi connectivity index (χ0n) is 14.6. The highest BCUT2D eigenvalue weighted by molar-refractivity contribution is 14.0. The van der Waals surface area contributed by atoms with E-state index in [0.29, 0.717) is 5.96 Å². The molecule has 2 unspecified atom stereocenters. The van der Waals surface area contributed by atoms with Gasteiger partial charge in [-0.1, -0.05) is 26.2 Å². The molecule has 0 aromatic carbocycles. The first kappa shape index (κ1) is 21.0. The Labute approximate surface area is 158 Å². The molecule has 23 heavy (non-hydrogen) atoms. The van der Waals surface area contributed by atoms with Crippen LogP contribution in [0.5, 0.6) is 0 Å². The molecule has 1 heterocycles. The maximum absolute atomic E-state index is 5.94. The van der Waals surface area contributed by atoms with Gasteiger partial charge in [-0.15, -0.1) is 24.0 Å². The van der Waals surface area contributed by atoms with E-state index in [1.165, 1.54) is 32.1 Å². The fourth-order valence-electron chi connectivity index (χ4n) is 3.60. The van der Waals surface area contributed by atoms with Crippen LogP contribution < -0.4 is 11.1 Å². The summed E-state index contributed by atoms with van der Waals surface area (Å²) in [6.45, 7) is 9.10. The maximum Gasteiger partial charge on any atom is 0.188 e. The van der Waals surface area contributed by atoms with Crippen molar-refractivity contribution in [3.8, 4) is 0 Å². The molecule has 136 valence electrons. The highest BCUT2D eigenvalue weighted by Gasteiger charge is 2.18. The normalized spacial score (nSPS) is 26.6. The van der Waals surface area contributed by atoms with E-state index in [0.717, 1.165) is 64.2 Å². The molecule has 1 saturated carbocycles. The van der Waals surface area contributed by atoms with E-state index in [9.17, 15) is 0 Å². The number of halogens is 1. The summed E-state index contributed by atoms with van der Waals surface area (Å²) >= 11 is 0. The summed E-state index contributed by atoms with van der Waals surface area (Å²) in [7, 11) is 0. The predicted octanol–water partition coefficient (Wildman–Crippen LogP) is 2.45. The third-order valence-electron chi connectivity index (χ3n) is 4.92. The molecule has 0 bridgehead atoms. The molecule has 2 atom stereocenters. The zero-order valence-corrected chi connectivity index (χ0v) is 17.0. The molecule has 1 saturated heterocycles. The Morgan fingerprint density at radius 3 is 2.83 bits per heavy atom. The van der Waals surface area contributed by atoms with Gasteiger partial charge in [-0.25, -0.2) is 0 Å². The number of nitrogens with two attached hydrogens (primary N) is 1. The molecule has 0 radical (unpaired) electrons. The monoisotopic (exact) mass is 438 g/mol.